The average molecular weight is 211 g/mol. The van der Waals surface area contributed by atoms with Gasteiger partial charge in [-0.05, 0) is 25.0 Å². The van der Waals surface area contributed by atoms with Crippen LogP contribution < -0.4 is 0 Å². The molecule has 0 radical (unpaired) electrons. The minimum absolute atomic E-state index is 0.426. The van der Waals surface area contributed by atoms with Gasteiger partial charge in [0.1, 0.15) is 0 Å². The lowest BCUT2D eigenvalue weighted by Crippen LogP contribution is -1.95. The van der Waals surface area contributed by atoms with E-state index in [0.29, 0.717) is 5.25 Å². The van der Waals surface area contributed by atoms with Crippen molar-refractivity contribution in [3.8, 4) is 0 Å². The number of thioether (sulfide) groups is 1. The number of aliphatic hydroxyl groups is 1. The second kappa shape index (κ2) is 5.37. The predicted molar refractivity (Wildman–Crippen MR) is 60.5 cm³/mol. The standard InChI is InChI=1S/C11H17NOS/c1-4-8(2)14-11-6-5-10(7-12-11)9(3)13/h5-9,13H,4H2,1-3H3. The third kappa shape index (κ3) is 3.31. The molecule has 1 heterocycles. The van der Waals surface area contributed by atoms with Crippen molar-refractivity contribution >= 4 is 11.8 Å². The molecule has 0 saturated carbocycles. The van der Waals surface area contributed by atoms with Gasteiger partial charge in [0.25, 0.3) is 0 Å². The topological polar surface area (TPSA) is 33.1 Å². The zero-order valence-corrected chi connectivity index (χ0v) is 9.71. The molecule has 1 rings (SSSR count). The van der Waals surface area contributed by atoms with Crippen LogP contribution in [0.25, 0.3) is 0 Å². The van der Waals surface area contributed by atoms with Crippen LogP contribution in [0.15, 0.2) is 23.4 Å². The fourth-order valence-corrected chi connectivity index (χ4v) is 1.84. The SMILES string of the molecule is CCC(C)Sc1ccc(C(C)O)cn1. The molecule has 0 spiro atoms. The lowest BCUT2D eigenvalue weighted by atomic mass is 10.2. The van der Waals surface area contributed by atoms with Crippen LogP contribution in [-0.2, 0) is 0 Å². The number of nitrogens with zero attached hydrogens (tertiary/aromatic N) is 1. The second-order valence-electron chi connectivity index (χ2n) is 3.44. The fourth-order valence-electron chi connectivity index (χ4n) is 0.998. The molecule has 2 atom stereocenters. The van der Waals surface area contributed by atoms with Gasteiger partial charge in [-0.2, -0.15) is 0 Å². The summed E-state index contributed by atoms with van der Waals surface area (Å²) in [6, 6.07) is 3.90. The van der Waals surface area contributed by atoms with E-state index in [1.807, 2.05) is 12.1 Å². The predicted octanol–water partition coefficient (Wildman–Crippen LogP) is 3.03. The molecular formula is C11H17NOS. The summed E-state index contributed by atoms with van der Waals surface area (Å²) in [5, 5.41) is 10.9. The summed E-state index contributed by atoms with van der Waals surface area (Å²) in [5.41, 5.74) is 0.874. The number of rotatable bonds is 4. The zero-order chi connectivity index (χ0) is 10.6. The molecule has 2 unspecified atom stereocenters. The van der Waals surface area contributed by atoms with Crippen LogP contribution >= 0.6 is 11.8 Å². The summed E-state index contributed by atoms with van der Waals surface area (Å²) >= 11 is 1.77. The highest BCUT2D eigenvalue weighted by Gasteiger charge is 2.04. The van der Waals surface area contributed by atoms with E-state index in [9.17, 15) is 5.11 Å². The van der Waals surface area contributed by atoms with Gasteiger partial charge in [-0.15, -0.1) is 11.8 Å². The Labute approximate surface area is 89.8 Å². The van der Waals surface area contributed by atoms with Gasteiger partial charge in [-0.25, -0.2) is 4.98 Å². The molecule has 1 N–H and O–H groups in total. The van der Waals surface area contributed by atoms with Crippen LogP contribution in [0.1, 0.15) is 38.9 Å². The zero-order valence-electron chi connectivity index (χ0n) is 8.90. The van der Waals surface area contributed by atoms with E-state index in [0.717, 1.165) is 17.0 Å². The highest BCUT2D eigenvalue weighted by molar-refractivity contribution is 7.99. The number of hydrogen-bond donors (Lipinski definition) is 1. The number of aromatic nitrogens is 1. The van der Waals surface area contributed by atoms with Gasteiger partial charge >= 0.3 is 0 Å². The summed E-state index contributed by atoms with van der Waals surface area (Å²) in [6.07, 6.45) is 2.46. The first kappa shape index (κ1) is 11.5. The Balaban J connectivity index is 2.64. The van der Waals surface area contributed by atoms with E-state index in [-0.39, 0.29) is 0 Å². The highest BCUT2D eigenvalue weighted by Crippen LogP contribution is 2.23. The van der Waals surface area contributed by atoms with Crippen molar-refractivity contribution in [3.63, 3.8) is 0 Å². The summed E-state index contributed by atoms with van der Waals surface area (Å²) in [7, 11) is 0. The second-order valence-corrected chi connectivity index (χ2v) is 4.90. The molecule has 2 nitrogen and oxygen atoms in total. The molecule has 1 aromatic heterocycles. The summed E-state index contributed by atoms with van der Waals surface area (Å²) < 4.78 is 0. The molecule has 0 aliphatic rings. The Morgan fingerprint density at radius 2 is 2.14 bits per heavy atom. The summed E-state index contributed by atoms with van der Waals surface area (Å²) in [6.45, 7) is 6.11. The summed E-state index contributed by atoms with van der Waals surface area (Å²) in [4.78, 5) is 4.29. The first-order valence-electron chi connectivity index (χ1n) is 4.94. The quantitative estimate of drug-likeness (QED) is 0.777. The molecular weight excluding hydrogens is 194 g/mol. The van der Waals surface area contributed by atoms with Crippen molar-refractivity contribution in [1.82, 2.24) is 4.98 Å². The lowest BCUT2D eigenvalue weighted by Gasteiger charge is -2.08. The fraction of sp³-hybridized carbons (Fsp3) is 0.545. The largest absolute Gasteiger partial charge is 0.389 e. The van der Waals surface area contributed by atoms with E-state index in [4.69, 9.17) is 0 Å². The van der Waals surface area contributed by atoms with Crippen molar-refractivity contribution in [3.05, 3.63) is 23.9 Å². The number of hydrogen-bond acceptors (Lipinski definition) is 3. The average Bonchev–Trinajstić information content (AvgIpc) is 2.18. The van der Waals surface area contributed by atoms with Gasteiger partial charge in [-0.3, -0.25) is 0 Å². The summed E-state index contributed by atoms with van der Waals surface area (Å²) in [5.74, 6) is 0. The lowest BCUT2D eigenvalue weighted by molar-refractivity contribution is 0.198. The molecule has 0 saturated heterocycles. The maximum Gasteiger partial charge on any atom is 0.0962 e. The van der Waals surface area contributed by atoms with Gasteiger partial charge < -0.3 is 5.11 Å². The van der Waals surface area contributed by atoms with Crippen LogP contribution in [0.4, 0.5) is 0 Å². The Morgan fingerprint density at radius 3 is 2.57 bits per heavy atom. The van der Waals surface area contributed by atoms with Gasteiger partial charge in [0.05, 0.1) is 11.1 Å². The van der Waals surface area contributed by atoms with E-state index >= 15 is 0 Å². The first-order chi connectivity index (χ1) is 6.63. The molecule has 0 fully saturated rings. The monoisotopic (exact) mass is 211 g/mol. The Morgan fingerprint density at radius 1 is 1.43 bits per heavy atom. The van der Waals surface area contributed by atoms with Crippen LogP contribution in [0.5, 0.6) is 0 Å². The smallest absolute Gasteiger partial charge is 0.0962 e. The third-order valence-corrected chi connectivity index (χ3v) is 3.36. The first-order valence-corrected chi connectivity index (χ1v) is 5.82. The van der Waals surface area contributed by atoms with E-state index in [1.165, 1.54) is 0 Å². The van der Waals surface area contributed by atoms with Crippen molar-refractivity contribution in [2.45, 2.75) is 43.6 Å². The maximum absolute atomic E-state index is 9.30. The Kier molecular flexibility index (Phi) is 4.42. The van der Waals surface area contributed by atoms with Crippen molar-refractivity contribution in [2.24, 2.45) is 0 Å². The van der Waals surface area contributed by atoms with Gasteiger partial charge in [-0.1, -0.05) is 19.9 Å². The van der Waals surface area contributed by atoms with Crippen molar-refractivity contribution in [2.75, 3.05) is 0 Å². The maximum atomic E-state index is 9.30. The molecule has 14 heavy (non-hydrogen) atoms. The van der Waals surface area contributed by atoms with E-state index < -0.39 is 6.10 Å². The minimum atomic E-state index is -0.426. The molecule has 1 aromatic rings. The van der Waals surface area contributed by atoms with Crippen LogP contribution in [0, 0.1) is 0 Å². The molecule has 0 bridgehead atoms. The molecule has 0 aliphatic carbocycles. The molecule has 3 heteroatoms. The van der Waals surface area contributed by atoms with Crippen molar-refractivity contribution < 1.29 is 5.11 Å². The third-order valence-electron chi connectivity index (χ3n) is 2.14. The van der Waals surface area contributed by atoms with E-state index in [2.05, 4.69) is 18.8 Å². The minimum Gasteiger partial charge on any atom is -0.389 e. The van der Waals surface area contributed by atoms with Crippen molar-refractivity contribution in [1.29, 1.82) is 0 Å². The van der Waals surface area contributed by atoms with Gasteiger partial charge in [0.2, 0.25) is 0 Å². The number of aliphatic hydroxyl groups excluding tert-OH is 1. The molecule has 0 amide bonds. The van der Waals surface area contributed by atoms with Gasteiger partial charge in [0, 0.05) is 11.4 Å². The van der Waals surface area contributed by atoms with Crippen LogP contribution in [-0.4, -0.2) is 15.3 Å². The molecule has 78 valence electrons. The Bertz CT molecular complexity index is 271. The van der Waals surface area contributed by atoms with E-state index in [1.54, 1.807) is 24.9 Å². The Hall–Kier alpha value is -0.540. The molecule has 0 aliphatic heterocycles. The highest BCUT2D eigenvalue weighted by atomic mass is 32.2. The molecule has 0 aromatic carbocycles. The number of pyridine rings is 1. The van der Waals surface area contributed by atoms with Gasteiger partial charge in [0.15, 0.2) is 0 Å². The van der Waals surface area contributed by atoms with Crippen LogP contribution in [0.2, 0.25) is 0 Å². The van der Waals surface area contributed by atoms with Crippen LogP contribution in [0.3, 0.4) is 0 Å². The normalized spacial score (nSPS) is 15.1.